The molecule has 1 saturated heterocycles. The van der Waals surface area contributed by atoms with Gasteiger partial charge in [-0.1, -0.05) is 16.8 Å². The monoisotopic (exact) mass is 531 g/mol. The van der Waals surface area contributed by atoms with Gasteiger partial charge in [-0.05, 0) is 20.8 Å². The maximum absolute atomic E-state index is 12.8. The van der Waals surface area contributed by atoms with Crippen LogP contribution in [0.1, 0.15) is 26.5 Å². The Bertz CT molecular complexity index is 1080. The summed E-state index contributed by atoms with van der Waals surface area (Å²) in [5.41, 5.74) is 4.72. The molecular formula is C19H22ClN5O7S2. The molecule has 2 aliphatic rings. The van der Waals surface area contributed by atoms with Gasteiger partial charge in [0.25, 0.3) is 11.8 Å². The van der Waals surface area contributed by atoms with Crippen molar-refractivity contribution in [1.82, 2.24) is 15.2 Å². The van der Waals surface area contributed by atoms with Gasteiger partial charge in [-0.15, -0.1) is 23.1 Å². The molecule has 2 amide bonds. The number of hydrogen-bond acceptors (Lipinski definition) is 12. The third-order valence-corrected chi connectivity index (χ3v) is 6.98. The zero-order valence-corrected chi connectivity index (χ0v) is 21.0. The van der Waals surface area contributed by atoms with E-state index < -0.39 is 47.4 Å². The van der Waals surface area contributed by atoms with Crippen LogP contribution in [0.4, 0.5) is 5.13 Å². The van der Waals surface area contributed by atoms with E-state index in [-0.39, 0.29) is 33.0 Å². The largest absolute Gasteiger partial charge is 0.427 e. The first-order valence-electron chi connectivity index (χ1n) is 9.76. The van der Waals surface area contributed by atoms with Crippen molar-refractivity contribution in [3.05, 3.63) is 21.8 Å². The van der Waals surface area contributed by atoms with Crippen LogP contribution in [0.15, 0.2) is 21.3 Å². The number of nitrogens with one attached hydrogen (secondary N) is 1. The predicted octanol–water partition coefficient (Wildman–Crippen LogP) is 1.02. The first kappa shape index (κ1) is 25.8. The maximum Gasteiger partial charge on any atom is 0.359 e. The van der Waals surface area contributed by atoms with Crippen molar-refractivity contribution < 1.29 is 33.5 Å². The molecule has 2 aliphatic heterocycles. The molecule has 1 aromatic heterocycles. The standard InChI is InChI=1S/C19H22ClN5O7S2/c1-19(2,3)17(29)32-7-31-16(28)12-8(20)5-33-15-11(14(27)25(12)15)23-13(26)10(24-30-4)9-6-34-18(21)22-9/h6,11,15H,5,7H2,1-4H3,(H2,21,22)(H,23,26)/b24-10-/t11?,15-/m1/s1. The van der Waals surface area contributed by atoms with Crippen molar-refractivity contribution in [3.8, 4) is 0 Å². The van der Waals surface area contributed by atoms with E-state index in [2.05, 4.69) is 15.5 Å². The number of anilines is 1. The third-order valence-electron chi connectivity index (χ3n) is 4.56. The number of ether oxygens (including phenoxy) is 2. The highest BCUT2D eigenvalue weighted by Gasteiger charge is 2.54. The number of carbonyl (C=O) groups is 4. The smallest absolute Gasteiger partial charge is 0.359 e. The minimum atomic E-state index is -0.957. The summed E-state index contributed by atoms with van der Waals surface area (Å²) in [5.74, 6) is -2.55. The van der Waals surface area contributed by atoms with Crippen LogP contribution in [-0.4, -0.2) is 70.4 Å². The van der Waals surface area contributed by atoms with Crippen molar-refractivity contribution in [3.63, 3.8) is 0 Å². The second-order valence-corrected chi connectivity index (χ2v) is 10.5. The van der Waals surface area contributed by atoms with Crippen LogP contribution in [0.2, 0.25) is 0 Å². The highest BCUT2D eigenvalue weighted by molar-refractivity contribution is 8.00. The zero-order valence-electron chi connectivity index (χ0n) is 18.6. The van der Waals surface area contributed by atoms with Gasteiger partial charge in [-0.3, -0.25) is 19.3 Å². The van der Waals surface area contributed by atoms with E-state index in [0.717, 1.165) is 16.2 Å². The SMILES string of the molecule is CO/N=C(\C(=O)NC1C(=O)N2C(C(=O)OCOC(=O)C(C)(C)C)=C(Cl)CS[C@H]12)c1csc(N)n1. The number of nitrogen functional groups attached to an aromatic ring is 1. The summed E-state index contributed by atoms with van der Waals surface area (Å²) in [6.07, 6.45) is 0. The average Bonchev–Trinajstić information content (AvgIpc) is 3.20. The molecule has 0 aromatic carbocycles. The molecule has 3 rings (SSSR count). The van der Waals surface area contributed by atoms with Crippen LogP contribution in [0, 0.1) is 5.41 Å². The summed E-state index contributed by atoms with van der Waals surface area (Å²) < 4.78 is 9.92. The van der Waals surface area contributed by atoms with E-state index >= 15 is 0 Å². The molecule has 0 aliphatic carbocycles. The number of β-lactam (4-membered cyclic amide) rings is 1. The number of amides is 2. The number of esters is 2. The molecule has 1 aromatic rings. The Labute approximate surface area is 207 Å². The molecule has 1 unspecified atom stereocenters. The first-order chi connectivity index (χ1) is 16.0. The lowest BCUT2D eigenvalue weighted by Crippen LogP contribution is -2.71. The molecule has 0 bridgehead atoms. The number of carbonyl (C=O) groups excluding carboxylic acids is 4. The molecule has 0 saturated carbocycles. The number of hydrogen-bond donors (Lipinski definition) is 2. The fourth-order valence-electron chi connectivity index (χ4n) is 2.90. The number of fused-ring (bicyclic) bond motifs is 1. The van der Waals surface area contributed by atoms with Crippen molar-refractivity contribution in [1.29, 1.82) is 0 Å². The van der Waals surface area contributed by atoms with E-state index in [1.165, 1.54) is 24.3 Å². The van der Waals surface area contributed by atoms with Gasteiger partial charge in [0.15, 0.2) is 10.8 Å². The van der Waals surface area contributed by atoms with Crippen LogP contribution in [0.3, 0.4) is 0 Å². The fourth-order valence-corrected chi connectivity index (χ4v) is 4.99. The van der Waals surface area contributed by atoms with Crippen LogP contribution < -0.4 is 11.1 Å². The highest BCUT2D eigenvalue weighted by Crippen LogP contribution is 2.41. The Hall–Kier alpha value is -2.84. The quantitative estimate of drug-likeness (QED) is 0.171. The van der Waals surface area contributed by atoms with Gasteiger partial charge in [0, 0.05) is 11.1 Å². The highest BCUT2D eigenvalue weighted by atomic mass is 35.5. The second-order valence-electron chi connectivity index (χ2n) is 8.04. The number of nitrogens with two attached hydrogens (primary N) is 1. The van der Waals surface area contributed by atoms with Gasteiger partial charge in [-0.2, -0.15) is 0 Å². The molecule has 3 heterocycles. The van der Waals surface area contributed by atoms with Crippen molar-refractivity contribution in [2.75, 3.05) is 25.4 Å². The number of thioether (sulfide) groups is 1. The molecule has 0 spiro atoms. The Kier molecular flexibility index (Phi) is 7.73. The fraction of sp³-hybridized carbons (Fsp3) is 0.474. The molecular weight excluding hydrogens is 510 g/mol. The third kappa shape index (κ3) is 5.28. The zero-order chi connectivity index (χ0) is 25.2. The normalized spacial score (nSPS) is 20.3. The van der Waals surface area contributed by atoms with Gasteiger partial charge in [0.2, 0.25) is 6.79 Å². The van der Waals surface area contributed by atoms with Crippen molar-refractivity contribution in [2.45, 2.75) is 32.2 Å². The summed E-state index contributed by atoms with van der Waals surface area (Å²) in [6, 6.07) is -0.957. The molecule has 3 N–H and O–H groups in total. The van der Waals surface area contributed by atoms with E-state index in [1.807, 2.05) is 0 Å². The second kappa shape index (κ2) is 10.2. The summed E-state index contributed by atoms with van der Waals surface area (Å²) in [6.45, 7) is 4.33. The number of aromatic nitrogens is 1. The summed E-state index contributed by atoms with van der Waals surface area (Å²) in [7, 11) is 1.26. The number of oxime groups is 1. The molecule has 184 valence electrons. The van der Waals surface area contributed by atoms with E-state index in [4.69, 9.17) is 31.6 Å². The number of nitrogens with zero attached hydrogens (tertiary/aromatic N) is 3. The average molecular weight is 532 g/mol. The number of halogens is 1. The lowest BCUT2D eigenvalue weighted by Gasteiger charge is -2.49. The predicted molar refractivity (Wildman–Crippen MR) is 124 cm³/mol. The Morgan fingerprint density at radius 3 is 2.65 bits per heavy atom. The minimum Gasteiger partial charge on any atom is -0.427 e. The van der Waals surface area contributed by atoms with Crippen molar-refractivity contribution in [2.24, 2.45) is 10.6 Å². The van der Waals surface area contributed by atoms with E-state index in [0.29, 0.717) is 0 Å². The van der Waals surface area contributed by atoms with Gasteiger partial charge in [-0.25, -0.2) is 9.78 Å². The van der Waals surface area contributed by atoms with Gasteiger partial charge in [0.05, 0.1) is 10.4 Å². The molecule has 15 heteroatoms. The van der Waals surface area contributed by atoms with Gasteiger partial charge >= 0.3 is 11.9 Å². The molecule has 12 nitrogen and oxygen atoms in total. The maximum atomic E-state index is 12.8. The van der Waals surface area contributed by atoms with Crippen LogP contribution >= 0.6 is 34.7 Å². The van der Waals surface area contributed by atoms with Crippen molar-refractivity contribution >= 4 is 69.3 Å². The van der Waals surface area contributed by atoms with E-state index in [9.17, 15) is 19.2 Å². The van der Waals surface area contributed by atoms with Crippen LogP contribution in [0.25, 0.3) is 0 Å². The van der Waals surface area contributed by atoms with Gasteiger partial charge < -0.3 is 25.4 Å². The first-order valence-corrected chi connectivity index (χ1v) is 12.1. The number of rotatable bonds is 7. The molecule has 34 heavy (non-hydrogen) atoms. The van der Waals surface area contributed by atoms with E-state index in [1.54, 1.807) is 20.8 Å². The molecule has 0 radical (unpaired) electrons. The summed E-state index contributed by atoms with van der Waals surface area (Å²) in [5, 5.41) is 7.52. The lowest BCUT2D eigenvalue weighted by atomic mass is 9.98. The summed E-state index contributed by atoms with van der Waals surface area (Å²) in [4.78, 5) is 59.9. The Morgan fingerprint density at radius 1 is 1.35 bits per heavy atom. The number of thiazole rings is 1. The van der Waals surface area contributed by atoms with Crippen LogP contribution in [0.5, 0.6) is 0 Å². The Morgan fingerprint density at radius 2 is 2.06 bits per heavy atom. The molecule has 1 fully saturated rings. The molecule has 2 atom stereocenters. The Balaban J connectivity index is 1.66. The minimum absolute atomic E-state index is 0.103. The van der Waals surface area contributed by atoms with Gasteiger partial charge in [0.1, 0.15) is 29.9 Å². The topological polar surface area (TPSA) is 163 Å². The van der Waals surface area contributed by atoms with Crippen LogP contribution in [-0.2, 0) is 33.5 Å². The lowest BCUT2D eigenvalue weighted by molar-refractivity contribution is -0.173. The summed E-state index contributed by atoms with van der Waals surface area (Å²) >= 11 is 8.56.